The van der Waals surface area contributed by atoms with Crippen molar-refractivity contribution in [3.8, 4) is 0 Å². The fourth-order valence-electron chi connectivity index (χ4n) is 4.44. The van der Waals surface area contributed by atoms with Crippen molar-refractivity contribution in [3.05, 3.63) is 107 Å². The van der Waals surface area contributed by atoms with Crippen LogP contribution in [-0.2, 0) is 16.1 Å². The molecular weight excluding hydrogens is 466 g/mol. The van der Waals surface area contributed by atoms with E-state index in [1.165, 1.54) is 22.9 Å². The Morgan fingerprint density at radius 1 is 1.00 bits per heavy atom. The Balaban J connectivity index is 1.50. The van der Waals surface area contributed by atoms with Crippen LogP contribution in [-0.4, -0.2) is 40.8 Å². The zero-order valence-electron chi connectivity index (χ0n) is 20.6. The number of rotatable bonds is 8. The van der Waals surface area contributed by atoms with Crippen molar-refractivity contribution in [3.63, 3.8) is 0 Å². The number of carbonyl (C=O) groups excluding carboxylic acids is 1. The topological polar surface area (TPSA) is 46.8 Å². The largest absolute Gasteiger partial charge is 0.385 e. The number of aryl methyl sites for hydroxylation is 1. The molecule has 36 heavy (non-hydrogen) atoms. The zero-order valence-corrected chi connectivity index (χ0v) is 21.4. The quantitative estimate of drug-likeness (QED) is 0.203. The average Bonchev–Trinajstić information content (AvgIpc) is 3.37. The number of amides is 1. The maximum atomic E-state index is 13.5. The van der Waals surface area contributed by atoms with Crippen LogP contribution >= 0.6 is 11.8 Å². The third kappa shape index (κ3) is 5.30. The molecule has 0 spiro atoms. The van der Waals surface area contributed by atoms with E-state index >= 15 is 0 Å². The van der Waals surface area contributed by atoms with Crippen LogP contribution in [0.4, 0.5) is 5.69 Å². The second kappa shape index (κ2) is 11.0. The molecule has 1 aliphatic heterocycles. The lowest BCUT2D eigenvalue weighted by Gasteiger charge is -2.15. The van der Waals surface area contributed by atoms with Crippen LogP contribution in [0.15, 0.2) is 95.0 Å². The number of amidine groups is 1. The molecule has 4 aromatic rings. The summed E-state index contributed by atoms with van der Waals surface area (Å²) in [4.78, 5) is 20.7. The number of hydrogen-bond acceptors (Lipinski definition) is 4. The maximum absolute atomic E-state index is 13.5. The summed E-state index contributed by atoms with van der Waals surface area (Å²) in [7, 11) is 1.68. The van der Waals surface area contributed by atoms with Gasteiger partial charge in [0.1, 0.15) is 0 Å². The number of aliphatic imine (C=N–C) groups is 1. The molecule has 2 heterocycles. The van der Waals surface area contributed by atoms with Crippen LogP contribution in [0.1, 0.15) is 23.1 Å². The van der Waals surface area contributed by atoms with Crippen LogP contribution in [0.3, 0.4) is 0 Å². The average molecular weight is 496 g/mol. The van der Waals surface area contributed by atoms with Crippen LogP contribution in [0.5, 0.6) is 0 Å². The van der Waals surface area contributed by atoms with E-state index in [0.717, 1.165) is 35.1 Å². The van der Waals surface area contributed by atoms with Gasteiger partial charge in [-0.25, -0.2) is 4.99 Å². The van der Waals surface area contributed by atoms with E-state index in [1.807, 2.05) is 42.5 Å². The van der Waals surface area contributed by atoms with Crippen molar-refractivity contribution in [2.24, 2.45) is 4.99 Å². The van der Waals surface area contributed by atoms with Crippen LogP contribution < -0.4 is 0 Å². The van der Waals surface area contributed by atoms with E-state index in [-0.39, 0.29) is 5.91 Å². The molecule has 3 aromatic carbocycles. The Hall–Kier alpha value is -3.61. The summed E-state index contributed by atoms with van der Waals surface area (Å²) < 4.78 is 7.48. The Morgan fingerprint density at radius 2 is 1.81 bits per heavy atom. The molecule has 1 aliphatic rings. The molecule has 0 radical (unpaired) electrons. The van der Waals surface area contributed by atoms with Gasteiger partial charge in [-0.3, -0.25) is 9.69 Å². The van der Waals surface area contributed by atoms with Gasteiger partial charge in [0.25, 0.3) is 5.91 Å². The minimum Gasteiger partial charge on any atom is -0.385 e. The normalized spacial score (nSPS) is 16.1. The first-order valence-corrected chi connectivity index (χ1v) is 12.9. The van der Waals surface area contributed by atoms with E-state index in [0.29, 0.717) is 23.2 Å². The summed E-state index contributed by atoms with van der Waals surface area (Å²) in [6, 6.07) is 26.7. The fraction of sp³-hybridized carbons (Fsp3) is 0.200. The smallest absolute Gasteiger partial charge is 0.266 e. The molecule has 0 atom stereocenters. The summed E-state index contributed by atoms with van der Waals surface area (Å²) in [6.45, 7) is 4.05. The number of ether oxygens (including phenoxy) is 1. The third-order valence-corrected chi connectivity index (χ3v) is 7.15. The minimum atomic E-state index is -0.0127. The maximum Gasteiger partial charge on any atom is 0.266 e. The van der Waals surface area contributed by atoms with Crippen molar-refractivity contribution in [1.29, 1.82) is 0 Å². The SMILES string of the molecule is COCCCN1C(=O)/C(=C/c2cn(Cc3cccc(C)c3)c3ccccc23)SC1=Nc1ccccc1. The first-order chi connectivity index (χ1) is 17.6. The van der Waals surface area contributed by atoms with Crippen LogP contribution in [0.2, 0.25) is 0 Å². The molecule has 182 valence electrons. The highest BCUT2D eigenvalue weighted by Gasteiger charge is 2.33. The van der Waals surface area contributed by atoms with Gasteiger partial charge in [0, 0.05) is 49.5 Å². The third-order valence-electron chi connectivity index (χ3n) is 6.14. The molecule has 1 fully saturated rings. The molecule has 1 aromatic heterocycles. The molecule has 0 aliphatic carbocycles. The van der Waals surface area contributed by atoms with Gasteiger partial charge in [-0.1, -0.05) is 66.2 Å². The van der Waals surface area contributed by atoms with Gasteiger partial charge in [-0.2, -0.15) is 0 Å². The fourth-order valence-corrected chi connectivity index (χ4v) is 5.45. The van der Waals surface area contributed by atoms with Gasteiger partial charge < -0.3 is 9.30 Å². The summed E-state index contributed by atoms with van der Waals surface area (Å²) >= 11 is 1.44. The van der Waals surface area contributed by atoms with E-state index in [2.05, 4.69) is 60.2 Å². The molecule has 0 unspecified atom stereocenters. The number of methoxy groups -OCH3 is 1. The molecule has 0 N–H and O–H groups in total. The van der Waals surface area contributed by atoms with Gasteiger partial charge in [-0.05, 0) is 54.9 Å². The molecule has 1 amide bonds. The number of aromatic nitrogens is 1. The summed E-state index contributed by atoms with van der Waals surface area (Å²) in [6.07, 6.45) is 4.91. The van der Waals surface area contributed by atoms with E-state index in [1.54, 1.807) is 12.0 Å². The molecule has 0 saturated carbocycles. The Labute approximate surface area is 216 Å². The van der Waals surface area contributed by atoms with Crippen molar-refractivity contribution in [2.45, 2.75) is 19.9 Å². The minimum absolute atomic E-state index is 0.0127. The standard InChI is InChI=1S/C30H29N3O2S/c1-22-10-8-11-23(18-22)20-32-21-24(26-14-6-7-15-27(26)32)19-28-29(34)33(16-9-17-35-2)30(36-28)31-25-12-4-3-5-13-25/h3-8,10-15,18-19,21H,9,16-17,20H2,1-2H3/b28-19-,31-30?. The van der Waals surface area contributed by atoms with E-state index < -0.39 is 0 Å². The highest BCUT2D eigenvalue weighted by Crippen LogP contribution is 2.36. The summed E-state index contributed by atoms with van der Waals surface area (Å²) in [5, 5.41) is 1.84. The van der Waals surface area contributed by atoms with Crippen molar-refractivity contribution < 1.29 is 9.53 Å². The lowest BCUT2D eigenvalue weighted by atomic mass is 10.1. The number of para-hydroxylation sites is 2. The summed E-state index contributed by atoms with van der Waals surface area (Å²) in [5.41, 5.74) is 5.52. The van der Waals surface area contributed by atoms with Gasteiger partial charge in [0.15, 0.2) is 5.17 Å². The van der Waals surface area contributed by atoms with Gasteiger partial charge in [-0.15, -0.1) is 0 Å². The van der Waals surface area contributed by atoms with Crippen molar-refractivity contribution in [2.75, 3.05) is 20.3 Å². The lowest BCUT2D eigenvalue weighted by Crippen LogP contribution is -2.30. The number of nitrogens with zero attached hydrogens (tertiary/aromatic N) is 3. The predicted octanol–water partition coefficient (Wildman–Crippen LogP) is 6.64. The molecular formula is C30H29N3O2S. The number of benzene rings is 3. The molecule has 5 rings (SSSR count). The Kier molecular flexibility index (Phi) is 7.35. The monoisotopic (exact) mass is 495 g/mol. The highest BCUT2D eigenvalue weighted by atomic mass is 32.2. The van der Waals surface area contributed by atoms with Crippen molar-refractivity contribution >= 4 is 45.5 Å². The van der Waals surface area contributed by atoms with Crippen LogP contribution in [0.25, 0.3) is 17.0 Å². The highest BCUT2D eigenvalue weighted by molar-refractivity contribution is 8.18. The number of thioether (sulfide) groups is 1. The van der Waals surface area contributed by atoms with E-state index in [9.17, 15) is 4.79 Å². The molecule has 0 bridgehead atoms. The number of carbonyl (C=O) groups is 1. The van der Waals surface area contributed by atoms with Crippen LogP contribution in [0, 0.1) is 6.92 Å². The Bertz CT molecular complexity index is 1440. The Morgan fingerprint density at radius 3 is 2.61 bits per heavy atom. The molecule has 6 heteroatoms. The second-order valence-electron chi connectivity index (χ2n) is 8.86. The second-order valence-corrected chi connectivity index (χ2v) is 9.87. The number of hydrogen-bond donors (Lipinski definition) is 0. The lowest BCUT2D eigenvalue weighted by molar-refractivity contribution is -0.122. The van der Waals surface area contributed by atoms with Gasteiger partial charge in [0.2, 0.25) is 0 Å². The first-order valence-electron chi connectivity index (χ1n) is 12.1. The van der Waals surface area contributed by atoms with Crippen molar-refractivity contribution in [1.82, 2.24) is 9.47 Å². The zero-order chi connectivity index (χ0) is 24.9. The molecule has 5 nitrogen and oxygen atoms in total. The molecule has 1 saturated heterocycles. The van der Waals surface area contributed by atoms with Gasteiger partial charge >= 0.3 is 0 Å². The predicted molar refractivity (Wildman–Crippen MR) is 150 cm³/mol. The summed E-state index contributed by atoms with van der Waals surface area (Å²) in [5.74, 6) is -0.0127. The van der Waals surface area contributed by atoms with Gasteiger partial charge in [0.05, 0.1) is 10.6 Å². The van der Waals surface area contributed by atoms with E-state index in [4.69, 9.17) is 9.73 Å². The number of fused-ring (bicyclic) bond motifs is 1. The first kappa shape index (κ1) is 24.1.